The Morgan fingerprint density at radius 2 is 2.33 bits per heavy atom. The number of methoxy groups -OCH3 is 1. The number of carbonyl (C=O) groups is 1. The number of rotatable bonds is 5. The number of hydrogen-bond donors (Lipinski definition) is 2. The highest BCUT2D eigenvalue weighted by Crippen LogP contribution is 2.20. The number of anilines is 1. The Labute approximate surface area is 106 Å². The van der Waals surface area contributed by atoms with E-state index < -0.39 is 11.9 Å². The lowest BCUT2D eigenvalue weighted by Crippen LogP contribution is -2.37. The van der Waals surface area contributed by atoms with Crippen LogP contribution in [0.2, 0.25) is 0 Å². The lowest BCUT2D eigenvalue weighted by Gasteiger charge is -2.14. The molecule has 1 atom stereocenters. The lowest BCUT2D eigenvalue weighted by molar-refractivity contribution is -0.121. The van der Waals surface area contributed by atoms with Crippen LogP contribution in [0.5, 0.6) is 5.75 Å². The maximum Gasteiger partial charge on any atom is 0.242 e. The highest BCUT2D eigenvalue weighted by molar-refractivity contribution is 5.84. The van der Waals surface area contributed by atoms with E-state index in [1.807, 2.05) is 0 Å². The smallest absolute Gasteiger partial charge is 0.242 e. The van der Waals surface area contributed by atoms with E-state index in [9.17, 15) is 9.18 Å². The van der Waals surface area contributed by atoms with Crippen molar-refractivity contribution in [2.45, 2.75) is 13.0 Å². The van der Waals surface area contributed by atoms with Crippen molar-refractivity contribution in [3.63, 3.8) is 0 Å². The van der Waals surface area contributed by atoms with Crippen molar-refractivity contribution in [3.8, 4) is 18.1 Å². The fourth-order valence-electron chi connectivity index (χ4n) is 1.36. The van der Waals surface area contributed by atoms with Crippen LogP contribution < -0.4 is 15.4 Å². The second-order valence-corrected chi connectivity index (χ2v) is 3.64. The van der Waals surface area contributed by atoms with Gasteiger partial charge in [0.1, 0.15) is 6.04 Å². The van der Waals surface area contributed by atoms with Gasteiger partial charge in [-0.1, -0.05) is 5.92 Å². The van der Waals surface area contributed by atoms with E-state index in [1.54, 1.807) is 13.0 Å². The third kappa shape index (κ3) is 3.67. The average Bonchev–Trinajstić information content (AvgIpc) is 2.36. The van der Waals surface area contributed by atoms with Crippen molar-refractivity contribution in [2.24, 2.45) is 0 Å². The number of ether oxygens (including phenoxy) is 1. The van der Waals surface area contributed by atoms with Crippen LogP contribution in [-0.2, 0) is 4.79 Å². The van der Waals surface area contributed by atoms with E-state index in [0.29, 0.717) is 5.69 Å². The molecule has 18 heavy (non-hydrogen) atoms. The SMILES string of the molecule is C#CCNC(=O)C(C)Nc1ccc(OC)c(F)c1. The van der Waals surface area contributed by atoms with Crippen LogP contribution in [0.4, 0.5) is 10.1 Å². The molecule has 0 aromatic heterocycles. The van der Waals surface area contributed by atoms with Gasteiger partial charge in [-0.05, 0) is 19.1 Å². The largest absolute Gasteiger partial charge is 0.494 e. The topological polar surface area (TPSA) is 50.4 Å². The fraction of sp³-hybridized carbons (Fsp3) is 0.308. The molecule has 0 heterocycles. The summed E-state index contributed by atoms with van der Waals surface area (Å²) in [7, 11) is 1.39. The first kappa shape index (κ1) is 13.8. The number of amides is 1. The number of hydrogen-bond acceptors (Lipinski definition) is 3. The van der Waals surface area contributed by atoms with Gasteiger partial charge < -0.3 is 15.4 Å². The zero-order valence-corrected chi connectivity index (χ0v) is 10.3. The van der Waals surface area contributed by atoms with Gasteiger partial charge in [0.25, 0.3) is 0 Å². The van der Waals surface area contributed by atoms with Gasteiger partial charge in [0.05, 0.1) is 13.7 Å². The second-order valence-electron chi connectivity index (χ2n) is 3.64. The molecule has 1 aromatic carbocycles. The van der Waals surface area contributed by atoms with Crippen LogP contribution in [-0.4, -0.2) is 25.6 Å². The molecule has 96 valence electrons. The van der Waals surface area contributed by atoms with E-state index in [-0.39, 0.29) is 18.2 Å². The second kappa shape index (κ2) is 6.50. The minimum Gasteiger partial charge on any atom is -0.494 e. The van der Waals surface area contributed by atoms with Crippen LogP contribution in [0.15, 0.2) is 18.2 Å². The predicted molar refractivity (Wildman–Crippen MR) is 67.9 cm³/mol. The van der Waals surface area contributed by atoms with Crippen molar-refractivity contribution in [3.05, 3.63) is 24.0 Å². The molecule has 0 aliphatic heterocycles. The lowest BCUT2D eigenvalue weighted by atomic mass is 10.2. The number of nitrogens with one attached hydrogen (secondary N) is 2. The van der Waals surface area contributed by atoms with E-state index in [4.69, 9.17) is 11.2 Å². The van der Waals surface area contributed by atoms with Gasteiger partial charge >= 0.3 is 0 Å². The van der Waals surface area contributed by atoms with Gasteiger partial charge in [-0.3, -0.25) is 4.79 Å². The average molecular weight is 250 g/mol. The molecule has 0 bridgehead atoms. The monoisotopic (exact) mass is 250 g/mol. The molecule has 0 aliphatic carbocycles. The zero-order valence-electron chi connectivity index (χ0n) is 10.3. The highest BCUT2D eigenvalue weighted by atomic mass is 19.1. The summed E-state index contributed by atoms with van der Waals surface area (Å²) < 4.78 is 18.2. The molecule has 1 aromatic rings. The summed E-state index contributed by atoms with van der Waals surface area (Å²) in [6.45, 7) is 1.83. The minimum atomic E-state index is -0.508. The van der Waals surface area contributed by atoms with Gasteiger partial charge in [0.15, 0.2) is 11.6 Å². The number of carbonyl (C=O) groups excluding carboxylic acids is 1. The van der Waals surface area contributed by atoms with Crippen LogP contribution >= 0.6 is 0 Å². The van der Waals surface area contributed by atoms with Crippen molar-refractivity contribution in [2.75, 3.05) is 19.0 Å². The first-order valence-corrected chi connectivity index (χ1v) is 5.39. The van der Waals surface area contributed by atoms with Gasteiger partial charge in [0.2, 0.25) is 5.91 Å². The van der Waals surface area contributed by atoms with E-state index in [0.717, 1.165) is 0 Å². The van der Waals surface area contributed by atoms with Crippen molar-refractivity contribution in [1.82, 2.24) is 5.32 Å². The fourth-order valence-corrected chi connectivity index (χ4v) is 1.36. The van der Waals surface area contributed by atoms with E-state index in [2.05, 4.69) is 16.6 Å². The van der Waals surface area contributed by atoms with Crippen LogP contribution in [0.1, 0.15) is 6.92 Å². The molecule has 0 aliphatic rings. The number of halogens is 1. The first-order valence-electron chi connectivity index (χ1n) is 5.39. The molecule has 0 fully saturated rings. The van der Waals surface area contributed by atoms with Gasteiger partial charge in [-0.15, -0.1) is 6.42 Å². The summed E-state index contributed by atoms with van der Waals surface area (Å²) in [5, 5.41) is 5.40. The molecule has 0 saturated carbocycles. The molecule has 0 radical (unpaired) electrons. The highest BCUT2D eigenvalue weighted by Gasteiger charge is 2.12. The molecule has 1 amide bonds. The van der Waals surface area contributed by atoms with Crippen LogP contribution in [0, 0.1) is 18.2 Å². The molecule has 0 saturated heterocycles. The van der Waals surface area contributed by atoms with Gasteiger partial charge in [-0.25, -0.2) is 4.39 Å². The van der Waals surface area contributed by atoms with Crippen molar-refractivity contribution in [1.29, 1.82) is 0 Å². The standard InChI is InChI=1S/C13H15FN2O2/c1-4-7-15-13(17)9(2)16-10-5-6-12(18-3)11(14)8-10/h1,5-6,8-9,16H,7H2,2-3H3,(H,15,17). The maximum absolute atomic E-state index is 13.4. The summed E-state index contributed by atoms with van der Waals surface area (Å²) >= 11 is 0. The first-order chi connectivity index (χ1) is 8.58. The molecule has 5 heteroatoms. The van der Waals surface area contributed by atoms with Crippen LogP contribution in [0.25, 0.3) is 0 Å². The molecular weight excluding hydrogens is 235 g/mol. The zero-order chi connectivity index (χ0) is 13.5. The molecular formula is C13H15FN2O2. The summed E-state index contributed by atoms with van der Waals surface area (Å²) in [4.78, 5) is 11.5. The summed E-state index contributed by atoms with van der Waals surface area (Å²) in [6.07, 6.45) is 5.03. The Balaban J connectivity index is 2.65. The Bertz CT molecular complexity index is 469. The number of benzene rings is 1. The number of terminal acetylenes is 1. The third-order valence-electron chi connectivity index (χ3n) is 2.29. The Kier molecular flexibility index (Phi) is 5.00. The molecule has 0 spiro atoms. The third-order valence-corrected chi connectivity index (χ3v) is 2.29. The summed E-state index contributed by atoms with van der Waals surface area (Å²) in [5.74, 6) is 1.73. The molecule has 4 nitrogen and oxygen atoms in total. The van der Waals surface area contributed by atoms with Gasteiger partial charge in [-0.2, -0.15) is 0 Å². The van der Waals surface area contributed by atoms with E-state index in [1.165, 1.54) is 19.2 Å². The van der Waals surface area contributed by atoms with E-state index >= 15 is 0 Å². The molecule has 2 N–H and O–H groups in total. The Hall–Kier alpha value is -2.22. The maximum atomic E-state index is 13.4. The Morgan fingerprint density at radius 1 is 1.61 bits per heavy atom. The van der Waals surface area contributed by atoms with Crippen molar-refractivity contribution < 1.29 is 13.9 Å². The predicted octanol–water partition coefficient (Wildman–Crippen LogP) is 1.38. The quantitative estimate of drug-likeness (QED) is 0.776. The van der Waals surface area contributed by atoms with Gasteiger partial charge in [0, 0.05) is 11.8 Å². The molecule has 1 rings (SSSR count). The van der Waals surface area contributed by atoms with Crippen LogP contribution in [0.3, 0.4) is 0 Å². The molecule has 1 unspecified atom stereocenters. The summed E-state index contributed by atoms with van der Waals surface area (Å²) in [6, 6.07) is 3.88. The van der Waals surface area contributed by atoms with Crippen molar-refractivity contribution >= 4 is 11.6 Å². The Morgan fingerprint density at radius 3 is 2.89 bits per heavy atom. The minimum absolute atomic E-state index is 0.157. The summed E-state index contributed by atoms with van der Waals surface area (Å²) in [5.41, 5.74) is 0.497. The normalized spacial score (nSPS) is 11.2.